The van der Waals surface area contributed by atoms with Crippen LogP contribution in [0.25, 0.3) is 10.9 Å². The zero-order valence-corrected chi connectivity index (χ0v) is 24.5. The van der Waals surface area contributed by atoms with Crippen LogP contribution in [0.3, 0.4) is 0 Å². The molecule has 1 amide bonds. The first-order valence-corrected chi connectivity index (χ1v) is 15.1. The summed E-state index contributed by atoms with van der Waals surface area (Å²) >= 11 is 0. The number of likely N-dealkylation sites (tertiary alicyclic amines) is 1. The number of hydrogen-bond acceptors (Lipinski definition) is 4. The van der Waals surface area contributed by atoms with Gasteiger partial charge in [-0.05, 0) is 124 Å². The number of hydrogen-bond donors (Lipinski definition) is 3. The summed E-state index contributed by atoms with van der Waals surface area (Å²) in [6, 6.07) is 15.8. The molecule has 0 bridgehead atoms. The van der Waals surface area contributed by atoms with Crippen molar-refractivity contribution in [2.75, 3.05) is 26.2 Å². The van der Waals surface area contributed by atoms with E-state index in [9.17, 15) is 4.79 Å². The Morgan fingerprint density at radius 3 is 2.33 bits per heavy atom. The van der Waals surface area contributed by atoms with Crippen molar-refractivity contribution in [2.45, 2.75) is 84.1 Å². The topological polar surface area (TPSA) is 97.9 Å². The predicted octanol–water partition coefficient (Wildman–Crippen LogP) is 6.81. The molecule has 3 aliphatic rings. The van der Waals surface area contributed by atoms with Gasteiger partial charge in [0.15, 0.2) is 0 Å². The van der Waals surface area contributed by atoms with E-state index in [-0.39, 0.29) is 5.91 Å². The van der Waals surface area contributed by atoms with Crippen LogP contribution in [0.2, 0.25) is 0 Å². The number of aryl methyl sites for hydroxylation is 1. The van der Waals surface area contributed by atoms with E-state index in [4.69, 9.17) is 11.0 Å². The van der Waals surface area contributed by atoms with E-state index in [1.807, 2.05) is 6.07 Å². The zero-order valence-electron chi connectivity index (χ0n) is 24.5. The molecule has 0 atom stereocenters. The fraction of sp³-hybridized carbons (Fsp3) is 0.529. The van der Waals surface area contributed by atoms with Crippen LogP contribution >= 0.6 is 0 Å². The lowest BCUT2D eigenvalue weighted by Gasteiger charge is -2.39. The maximum Gasteiger partial charge on any atom is 0.248 e. The van der Waals surface area contributed by atoms with Gasteiger partial charge < -0.3 is 16.0 Å². The number of nitrogens with two attached hydrogens (primary N) is 1. The van der Waals surface area contributed by atoms with Gasteiger partial charge in [-0.2, -0.15) is 5.26 Å². The van der Waals surface area contributed by atoms with E-state index in [0.29, 0.717) is 17.4 Å². The highest BCUT2D eigenvalue weighted by Crippen LogP contribution is 2.45. The fourth-order valence-electron chi connectivity index (χ4n) is 5.92. The Labute approximate surface area is 240 Å². The van der Waals surface area contributed by atoms with Gasteiger partial charge in [0.1, 0.15) is 0 Å². The Bertz CT molecular complexity index is 1250. The average Bonchev–Trinajstić information content (AvgIpc) is 3.71. The maximum atomic E-state index is 10.4. The molecule has 3 aromatic rings. The Balaban J connectivity index is 0.000000201. The molecule has 40 heavy (non-hydrogen) atoms. The second kappa shape index (κ2) is 14.5. The molecular weight excluding hydrogens is 494 g/mol. The number of aromatic nitrogens is 1. The third kappa shape index (κ3) is 8.43. The number of H-pyrrole nitrogens is 1. The van der Waals surface area contributed by atoms with Crippen LogP contribution in [-0.2, 0) is 6.54 Å². The van der Waals surface area contributed by atoms with Gasteiger partial charge in [-0.15, -0.1) is 0 Å². The lowest BCUT2D eigenvalue weighted by Crippen LogP contribution is -2.38. The number of nitrogens with zero attached hydrogens (tertiary/aromatic N) is 2. The number of primary amides is 1. The van der Waals surface area contributed by atoms with Crippen LogP contribution in [-0.4, -0.2) is 42.0 Å². The molecule has 0 radical (unpaired) electrons. The third-order valence-corrected chi connectivity index (χ3v) is 8.75. The predicted molar refractivity (Wildman–Crippen MR) is 164 cm³/mol. The number of carbonyl (C=O) groups is 1. The SMILES string of the molecule is C1CCNCC1.Cc1cc(C2CC2)c(CN2CCC(C)(CCC#N)CC2)c2cc[nH]c12.NC(=O)c1ccccc1. The van der Waals surface area contributed by atoms with E-state index >= 15 is 0 Å². The fourth-order valence-corrected chi connectivity index (χ4v) is 5.92. The number of aromatic amines is 1. The maximum absolute atomic E-state index is 10.4. The van der Waals surface area contributed by atoms with E-state index in [1.54, 1.807) is 35.4 Å². The van der Waals surface area contributed by atoms with Crippen molar-refractivity contribution < 1.29 is 4.79 Å². The largest absolute Gasteiger partial charge is 0.366 e. The van der Waals surface area contributed by atoms with Crippen molar-refractivity contribution in [1.29, 1.82) is 5.26 Å². The van der Waals surface area contributed by atoms with Gasteiger partial charge >= 0.3 is 0 Å². The third-order valence-electron chi connectivity index (χ3n) is 8.75. The van der Waals surface area contributed by atoms with E-state index in [1.165, 1.54) is 74.5 Å². The minimum atomic E-state index is -0.379. The molecule has 6 rings (SSSR count). The molecule has 0 unspecified atom stereocenters. The monoisotopic (exact) mass is 541 g/mol. The normalized spacial score (nSPS) is 18.5. The van der Waals surface area contributed by atoms with Crippen LogP contribution in [0, 0.1) is 23.7 Å². The number of nitrogens with one attached hydrogen (secondary N) is 2. The molecule has 3 fully saturated rings. The lowest BCUT2D eigenvalue weighted by atomic mass is 9.77. The summed E-state index contributed by atoms with van der Waals surface area (Å²) < 4.78 is 0. The highest BCUT2D eigenvalue weighted by Gasteiger charge is 2.32. The standard InChI is InChI=1S/C22H29N3.C7H7NO.C5H11N/c1-16-14-19(17-4-5-17)20(18-6-11-24-21(16)18)15-25-12-8-22(2,9-13-25)7-3-10-23;8-7(9)6-4-2-1-3-5-6;1-2-4-6-5-3-1/h6,11,14,17,24H,3-5,7-9,12-13,15H2,1-2H3;1-5H,(H2,8,9);6H,1-5H2. The number of piperidine rings is 2. The lowest BCUT2D eigenvalue weighted by molar-refractivity contribution is 0.1000. The van der Waals surface area contributed by atoms with Crippen LogP contribution in [0.15, 0.2) is 48.7 Å². The Morgan fingerprint density at radius 1 is 1.10 bits per heavy atom. The molecule has 6 heteroatoms. The van der Waals surface area contributed by atoms with Crippen molar-refractivity contribution >= 4 is 16.8 Å². The molecule has 214 valence electrons. The van der Waals surface area contributed by atoms with Gasteiger partial charge in [0.2, 0.25) is 5.91 Å². The molecule has 2 aliphatic heterocycles. The number of amides is 1. The van der Waals surface area contributed by atoms with Crippen molar-refractivity contribution in [3.05, 3.63) is 70.9 Å². The molecule has 1 aliphatic carbocycles. The summed E-state index contributed by atoms with van der Waals surface area (Å²) in [6.45, 7) is 10.5. The van der Waals surface area contributed by atoms with Crippen LogP contribution in [0.5, 0.6) is 0 Å². The first-order valence-electron chi connectivity index (χ1n) is 15.1. The summed E-state index contributed by atoms with van der Waals surface area (Å²) in [5, 5.41) is 13.6. The Kier molecular flexibility index (Phi) is 10.8. The highest BCUT2D eigenvalue weighted by molar-refractivity contribution is 5.92. The summed E-state index contributed by atoms with van der Waals surface area (Å²) in [5.41, 5.74) is 11.7. The van der Waals surface area contributed by atoms with Gasteiger partial charge in [-0.25, -0.2) is 0 Å². The van der Waals surface area contributed by atoms with Crippen LogP contribution < -0.4 is 11.1 Å². The van der Waals surface area contributed by atoms with Crippen molar-refractivity contribution in [1.82, 2.24) is 15.2 Å². The number of benzene rings is 2. The minimum absolute atomic E-state index is 0.363. The Morgan fingerprint density at radius 2 is 1.80 bits per heavy atom. The first kappa shape index (κ1) is 29.8. The van der Waals surface area contributed by atoms with E-state index in [0.717, 1.165) is 32.0 Å². The molecule has 2 aromatic carbocycles. The number of carbonyl (C=O) groups excluding carboxylic acids is 1. The highest BCUT2D eigenvalue weighted by atomic mass is 16.1. The molecule has 1 aromatic heterocycles. The van der Waals surface area contributed by atoms with Gasteiger partial charge in [-0.1, -0.05) is 37.6 Å². The van der Waals surface area contributed by atoms with Crippen LogP contribution in [0.4, 0.5) is 0 Å². The second-order valence-corrected chi connectivity index (χ2v) is 12.1. The second-order valence-electron chi connectivity index (χ2n) is 12.1. The number of rotatable bonds is 6. The van der Waals surface area contributed by atoms with Gasteiger partial charge in [0.25, 0.3) is 0 Å². The summed E-state index contributed by atoms with van der Waals surface area (Å²) in [6.07, 6.45) is 13.2. The van der Waals surface area contributed by atoms with Gasteiger partial charge in [-0.3, -0.25) is 9.69 Å². The van der Waals surface area contributed by atoms with E-state index < -0.39 is 0 Å². The van der Waals surface area contributed by atoms with Gasteiger partial charge in [0, 0.05) is 35.6 Å². The summed E-state index contributed by atoms with van der Waals surface area (Å²) in [4.78, 5) is 16.5. The summed E-state index contributed by atoms with van der Waals surface area (Å²) in [5.74, 6) is 0.411. The first-order chi connectivity index (χ1) is 19.4. The van der Waals surface area contributed by atoms with Crippen LogP contribution in [0.1, 0.15) is 97.7 Å². The van der Waals surface area contributed by atoms with Gasteiger partial charge in [0.05, 0.1) is 6.07 Å². The average molecular weight is 542 g/mol. The molecule has 1 saturated carbocycles. The van der Waals surface area contributed by atoms with E-state index in [2.05, 4.69) is 53.4 Å². The molecule has 4 N–H and O–H groups in total. The summed E-state index contributed by atoms with van der Waals surface area (Å²) in [7, 11) is 0. The molecular formula is C34H47N5O. The molecule has 0 spiro atoms. The smallest absolute Gasteiger partial charge is 0.248 e. The number of fused-ring (bicyclic) bond motifs is 1. The quantitative estimate of drug-likeness (QED) is 0.319. The molecule has 2 saturated heterocycles. The number of nitriles is 1. The zero-order chi connectivity index (χ0) is 28.4. The van der Waals surface area contributed by atoms with Crippen molar-refractivity contribution in [3.63, 3.8) is 0 Å². The molecule has 6 nitrogen and oxygen atoms in total. The Hall–Kier alpha value is -3.14. The van der Waals surface area contributed by atoms with Crippen molar-refractivity contribution in [2.24, 2.45) is 11.1 Å². The minimum Gasteiger partial charge on any atom is -0.366 e. The molecule has 3 heterocycles. The van der Waals surface area contributed by atoms with Crippen molar-refractivity contribution in [3.8, 4) is 6.07 Å².